The van der Waals surface area contributed by atoms with E-state index < -0.39 is 0 Å². The second-order valence-electron chi connectivity index (χ2n) is 4.37. The van der Waals surface area contributed by atoms with Crippen LogP contribution in [0.15, 0.2) is 40.4 Å². The first kappa shape index (κ1) is 15.4. The molecule has 108 valence electrons. The molecule has 2 rings (SSSR count). The monoisotopic (exact) mass is 311 g/mol. The molecule has 0 aliphatic rings. The zero-order chi connectivity index (χ0) is 14.4. The molecule has 0 aliphatic carbocycles. The van der Waals surface area contributed by atoms with Crippen molar-refractivity contribution in [3.05, 3.63) is 41.2 Å². The normalized spacial score (nSPS) is 10.9. The van der Waals surface area contributed by atoms with E-state index in [0.29, 0.717) is 6.61 Å². The van der Waals surface area contributed by atoms with Gasteiger partial charge in [0, 0.05) is 43.4 Å². The summed E-state index contributed by atoms with van der Waals surface area (Å²) in [6.45, 7) is 2.33. The zero-order valence-corrected chi connectivity index (χ0v) is 13.2. The van der Waals surface area contributed by atoms with Crippen LogP contribution >= 0.6 is 23.4 Å². The third kappa shape index (κ3) is 4.52. The number of aryl methyl sites for hydroxylation is 1. The molecular formula is C14H18ClN3OS. The molecule has 0 aliphatic heterocycles. The van der Waals surface area contributed by atoms with Crippen molar-refractivity contribution in [2.75, 3.05) is 20.3 Å². The van der Waals surface area contributed by atoms with E-state index in [-0.39, 0.29) is 0 Å². The highest BCUT2D eigenvalue weighted by molar-refractivity contribution is 7.99. The molecule has 0 bridgehead atoms. The predicted molar refractivity (Wildman–Crippen MR) is 82.4 cm³/mol. The first-order chi connectivity index (χ1) is 9.69. The largest absolute Gasteiger partial charge is 0.383 e. The number of hydrogen-bond acceptors (Lipinski definition) is 4. The van der Waals surface area contributed by atoms with E-state index in [1.54, 1.807) is 23.6 Å². The number of nitrogens with one attached hydrogen (secondary N) is 1. The van der Waals surface area contributed by atoms with Crippen molar-refractivity contribution in [3.8, 4) is 0 Å². The van der Waals surface area contributed by atoms with Crippen LogP contribution in [0.25, 0.3) is 0 Å². The Hall–Kier alpha value is -1.01. The van der Waals surface area contributed by atoms with Crippen LogP contribution in [0.1, 0.15) is 5.56 Å². The number of ether oxygens (including phenoxy) is 1. The van der Waals surface area contributed by atoms with Gasteiger partial charge in [-0.25, -0.2) is 0 Å². The number of hydrogen-bond donors (Lipinski definition) is 1. The Kier molecular flexibility index (Phi) is 5.91. The lowest BCUT2D eigenvalue weighted by Gasteiger charge is -2.10. The van der Waals surface area contributed by atoms with E-state index in [1.165, 1.54) is 5.56 Å². The molecule has 0 amide bonds. The van der Waals surface area contributed by atoms with Gasteiger partial charge in [0.15, 0.2) is 0 Å². The van der Waals surface area contributed by atoms with Crippen LogP contribution in [0, 0.1) is 0 Å². The quantitative estimate of drug-likeness (QED) is 0.798. The first-order valence-electron chi connectivity index (χ1n) is 6.33. The Labute approximate surface area is 128 Å². The average Bonchev–Trinajstić information content (AvgIpc) is 2.82. The van der Waals surface area contributed by atoms with Crippen LogP contribution in [0.3, 0.4) is 0 Å². The molecule has 0 fully saturated rings. The van der Waals surface area contributed by atoms with E-state index in [9.17, 15) is 0 Å². The maximum atomic E-state index is 6.10. The summed E-state index contributed by atoms with van der Waals surface area (Å²) in [7, 11) is 3.61. The minimum Gasteiger partial charge on any atom is -0.383 e. The van der Waals surface area contributed by atoms with Crippen LogP contribution in [0.5, 0.6) is 0 Å². The van der Waals surface area contributed by atoms with Crippen molar-refractivity contribution < 1.29 is 4.74 Å². The van der Waals surface area contributed by atoms with Crippen LogP contribution in [0.4, 0.5) is 0 Å². The standard InChI is InChI=1S/C14H18ClN3OS/c1-18-10-13(9-17-18)20-14-7-12(15)4-3-11(14)8-16-5-6-19-2/h3-4,7,9-10,16H,5-6,8H2,1-2H3. The molecule has 0 saturated carbocycles. The molecule has 1 heterocycles. The van der Waals surface area contributed by atoms with E-state index in [1.807, 2.05) is 31.6 Å². The Morgan fingerprint density at radius 1 is 1.45 bits per heavy atom. The SMILES string of the molecule is COCCNCc1ccc(Cl)cc1Sc1cnn(C)c1. The minimum absolute atomic E-state index is 0.707. The lowest BCUT2D eigenvalue weighted by atomic mass is 10.2. The lowest BCUT2D eigenvalue weighted by molar-refractivity contribution is 0.199. The Morgan fingerprint density at radius 3 is 3.00 bits per heavy atom. The van der Waals surface area contributed by atoms with E-state index in [0.717, 1.165) is 27.9 Å². The van der Waals surface area contributed by atoms with Crippen molar-refractivity contribution in [2.45, 2.75) is 16.3 Å². The summed E-state index contributed by atoms with van der Waals surface area (Å²) in [5.41, 5.74) is 1.22. The first-order valence-corrected chi connectivity index (χ1v) is 7.53. The molecule has 0 spiro atoms. The van der Waals surface area contributed by atoms with Gasteiger partial charge in [0.1, 0.15) is 0 Å². The Morgan fingerprint density at radius 2 is 2.30 bits per heavy atom. The van der Waals surface area contributed by atoms with Crippen LogP contribution in [0.2, 0.25) is 5.02 Å². The number of benzene rings is 1. The molecule has 20 heavy (non-hydrogen) atoms. The van der Waals surface area contributed by atoms with E-state index in [4.69, 9.17) is 16.3 Å². The number of halogens is 1. The second-order valence-corrected chi connectivity index (χ2v) is 5.93. The molecule has 4 nitrogen and oxygen atoms in total. The van der Waals surface area contributed by atoms with E-state index >= 15 is 0 Å². The van der Waals surface area contributed by atoms with E-state index in [2.05, 4.69) is 16.5 Å². The van der Waals surface area contributed by atoms with Gasteiger partial charge >= 0.3 is 0 Å². The lowest BCUT2D eigenvalue weighted by Crippen LogP contribution is -2.18. The molecule has 2 aromatic rings. The molecule has 0 saturated heterocycles. The van der Waals surface area contributed by atoms with Crippen molar-refractivity contribution in [1.29, 1.82) is 0 Å². The molecule has 0 radical (unpaired) electrons. The van der Waals surface area contributed by atoms with Gasteiger partial charge < -0.3 is 10.1 Å². The molecule has 0 unspecified atom stereocenters. The van der Waals surface area contributed by atoms with Crippen molar-refractivity contribution in [1.82, 2.24) is 15.1 Å². The van der Waals surface area contributed by atoms with Crippen LogP contribution in [-0.4, -0.2) is 30.0 Å². The fourth-order valence-electron chi connectivity index (χ4n) is 1.75. The summed E-state index contributed by atoms with van der Waals surface area (Å²) in [6, 6.07) is 5.97. The number of aromatic nitrogens is 2. The molecular weight excluding hydrogens is 294 g/mol. The maximum Gasteiger partial charge on any atom is 0.0629 e. The van der Waals surface area contributed by atoms with Crippen molar-refractivity contribution in [2.24, 2.45) is 7.05 Å². The summed E-state index contributed by atoms with van der Waals surface area (Å²) in [4.78, 5) is 2.25. The van der Waals surface area contributed by atoms with Gasteiger partial charge in [0.25, 0.3) is 0 Å². The fourth-order valence-corrected chi connectivity index (χ4v) is 3.00. The molecule has 6 heteroatoms. The topological polar surface area (TPSA) is 39.1 Å². The fraction of sp³-hybridized carbons (Fsp3) is 0.357. The maximum absolute atomic E-state index is 6.10. The summed E-state index contributed by atoms with van der Waals surface area (Å²) < 4.78 is 6.82. The van der Waals surface area contributed by atoms with Gasteiger partial charge in [-0.3, -0.25) is 4.68 Å². The summed E-state index contributed by atoms with van der Waals surface area (Å²) in [6.07, 6.45) is 3.85. The van der Waals surface area contributed by atoms with Crippen LogP contribution in [-0.2, 0) is 18.3 Å². The smallest absolute Gasteiger partial charge is 0.0629 e. The number of rotatable bonds is 7. The van der Waals surface area contributed by atoms with Crippen LogP contribution < -0.4 is 5.32 Å². The molecule has 1 aromatic carbocycles. The highest BCUT2D eigenvalue weighted by Crippen LogP contribution is 2.32. The number of nitrogens with zero attached hydrogens (tertiary/aromatic N) is 2. The second kappa shape index (κ2) is 7.69. The molecule has 1 aromatic heterocycles. The molecule has 0 atom stereocenters. The Bertz CT molecular complexity index is 559. The highest BCUT2D eigenvalue weighted by atomic mass is 35.5. The highest BCUT2D eigenvalue weighted by Gasteiger charge is 2.07. The van der Waals surface area contributed by atoms with Crippen molar-refractivity contribution >= 4 is 23.4 Å². The summed E-state index contributed by atoms with van der Waals surface area (Å²) in [5, 5.41) is 8.28. The van der Waals surface area contributed by atoms with Gasteiger partial charge in [0.2, 0.25) is 0 Å². The predicted octanol–water partition coefficient (Wildman–Crippen LogP) is 2.96. The average molecular weight is 312 g/mol. The number of methoxy groups -OCH3 is 1. The third-order valence-corrected chi connectivity index (χ3v) is 4.02. The van der Waals surface area contributed by atoms with Gasteiger partial charge in [-0.2, -0.15) is 5.10 Å². The minimum atomic E-state index is 0.707. The zero-order valence-electron chi connectivity index (χ0n) is 11.6. The van der Waals surface area contributed by atoms with Gasteiger partial charge in [0.05, 0.1) is 17.7 Å². The summed E-state index contributed by atoms with van der Waals surface area (Å²) >= 11 is 7.77. The summed E-state index contributed by atoms with van der Waals surface area (Å²) in [5.74, 6) is 0. The van der Waals surface area contributed by atoms with Crippen molar-refractivity contribution in [3.63, 3.8) is 0 Å². The van der Waals surface area contributed by atoms with Gasteiger partial charge in [-0.15, -0.1) is 0 Å². The third-order valence-electron chi connectivity index (χ3n) is 2.74. The Balaban J connectivity index is 2.07. The van der Waals surface area contributed by atoms with Gasteiger partial charge in [-0.05, 0) is 17.7 Å². The molecule has 1 N–H and O–H groups in total. The van der Waals surface area contributed by atoms with Gasteiger partial charge in [-0.1, -0.05) is 29.4 Å².